The van der Waals surface area contributed by atoms with E-state index < -0.39 is 13.6 Å². The zero-order valence-electron chi connectivity index (χ0n) is 9.93. The van der Waals surface area contributed by atoms with E-state index >= 15 is 0 Å². The molecule has 0 fully saturated rings. The average molecular weight is 271 g/mol. The molecule has 0 unspecified atom stereocenters. The molecule has 0 heterocycles. The summed E-state index contributed by atoms with van der Waals surface area (Å²) in [5.41, 5.74) is 0. The predicted molar refractivity (Wildman–Crippen MR) is 70.5 cm³/mol. The maximum absolute atomic E-state index is 12.3. The van der Waals surface area contributed by atoms with E-state index in [4.69, 9.17) is 20.9 Å². The van der Waals surface area contributed by atoms with Crippen molar-refractivity contribution in [2.75, 3.05) is 25.5 Å². The highest BCUT2D eigenvalue weighted by Gasteiger charge is 2.17. The van der Waals surface area contributed by atoms with Gasteiger partial charge in [0.25, 0.3) is 0 Å². The Bertz CT molecular complexity index is 250. The van der Waals surface area contributed by atoms with Crippen LogP contribution in [0.2, 0.25) is 0 Å². The second-order valence-corrected chi connectivity index (χ2v) is 10.3. The number of hydrogen-bond acceptors (Lipinski definition) is 4. The van der Waals surface area contributed by atoms with E-state index in [1.807, 2.05) is 27.7 Å². The highest BCUT2D eigenvalue weighted by molar-refractivity contribution is 8.14. The summed E-state index contributed by atoms with van der Waals surface area (Å²) in [6, 6.07) is 0. The van der Waals surface area contributed by atoms with Crippen LogP contribution in [0.25, 0.3) is 0 Å². The quantitative estimate of drug-likeness (QED) is 0.495. The molecule has 0 aliphatic rings. The molecule has 0 atom stereocenters. The van der Waals surface area contributed by atoms with E-state index in [0.29, 0.717) is 25.5 Å². The van der Waals surface area contributed by atoms with E-state index in [9.17, 15) is 4.57 Å². The second kappa shape index (κ2) is 7.19. The molecule has 0 aliphatic heterocycles. The molecule has 0 spiro atoms. The minimum Gasteiger partial charge on any atom is -0.357 e. The molecule has 0 amide bonds. The third-order valence-electron chi connectivity index (χ3n) is 2.04. The molecule has 15 heavy (non-hydrogen) atoms. The lowest BCUT2D eigenvalue weighted by Crippen LogP contribution is -1.99. The molecule has 6 heteroatoms. The molecule has 0 bridgehead atoms. The Balaban J connectivity index is 4.66. The minimum absolute atomic E-state index is 0.501. The summed E-state index contributed by atoms with van der Waals surface area (Å²) in [5, 5.41) is 0. The van der Waals surface area contributed by atoms with Crippen LogP contribution in [0.4, 0.5) is 0 Å². The predicted octanol–water partition coefficient (Wildman–Crippen LogP) is 3.89. The largest absolute Gasteiger partial charge is 0.357 e. The lowest BCUT2D eigenvalue weighted by molar-refractivity contribution is 0.272. The van der Waals surface area contributed by atoms with Gasteiger partial charge in [-0.2, -0.15) is 5.90 Å². The van der Waals surface area contributed by atoms with Gasteiger partial charge in [0.2, 0.25) is 0 Å². The molecule has 0 aromatic heterocycles. The SMILES string of the molecule is CCOP(=S)([CH-]P(=O)(CC)CC)OCC. The van der Waals surface area contributed by atoms with Crippen molar-refractivity contribution in [3.8, 4) is 0 Å². The van der Waals surface area contributed by atoms with Crippen LogP contribution in [0.1, 0.15) is 27.7 Å². The third-order valence-corrected chi connectivity index (χ3v) is 9.71. The van der Waals surface area contributed by atoms with Crippen LogP contribution in [0.5, 0.6) is 0 Å². The van der Waals surface area contributed by atoms with Crippen molar-refractivity contribution in [1.29, 1.82) is 0 Å². The summed E-state index contributed by atoms with van der Waals surface area (Å²) in [4.78, 5) is 0. The molecule has 0 saturated heterocycles. The van der Waals surface area contributed by atoms with Gasteiger partial charge in [-0.05, 0) is 33.3 Å². The van der Waals surface area contributed by atoms with E-state index in [1.54, 1.807) is 5.90 Å². The fourth-order valence-corrected chi connectivity index (χ4v) is 8.43. The van der Waals surface area contributed by atoms with Crippen molar-refractivity contribution in [2.24, 2.45) is 0 Å². The molecule has 3 nitrogen and oxygen atoms in total. The van der Waals surface area contributed by atoms with Crippen LogP contribution in [0.15, 0.2) is 0 Å². The first kappa shape index (κ1) is 15.8. The lowest BCUT2D eigenvalue weighted by Gasteiger charge is -2.35. The van der Waals surface area contributed by atoms with Crippen LogP contribution in [-0.4, -0.2) is 25.5 Å². The van der Waals surface area contributed by atoms with Gasteiger partial charge < -0.3 is 13.6 Å². The molecule has 0 aromatic carbocycles. The van der Waals surface area contributed by atoms with Crippen molar-refractivity contribution in [3.63, 3.8) is 0 Å². The first-order chi connectivity index (χ1) is 6.95. The smallest absolute Gasteiger partial charge is 0.0545 e. The normalized spacial score (nSPS) is 13.1. The first-order valence-corrected chi connectivity index (χ1v) is 10.1. The molecular weight excluding hydrogens is 250 g/mol. The van der Waals surface area contributed by atoms with E-state index in [-0.39, 0.29) is 0 Å². The Kier molecular flexibility index (Phi) is 7.57. The molecule has 92 valence electrons. The Morgan fingerprint density at radius 1 is 1.07 bits per heavy atom. The Labute approximate surface area is 98.5 Å². The summed E-state index contributed by atoms with van der Waals surface area (Å²) in [6.45, 7) is 6.15. The lowest BCUT2D eigenvalue weighted by atomic mass is 10.9. The van der Waals surface area contributed by atoms with Gasteiger partial charge in [-0.1, -0.05) is 25.7 Å². The topological polar surface area (TPSA) is 35.5 Å². The Morgan fingerprint density at radius 2 is 1.47 bits per heavy atom. The molecule has 0 saturated carbocycles. The first-order valence-electron chi connectivity index (χ1n) is 5.28. The molecule has 0 radical (unpaired) electrons. The standard InChI is InChI=1S/C9H21O3P2S/c1-5-11-14(15,12-6-2)9-13(10,7-3)8-4/h9H,5-8H2,1-4H3/q-1. The highest BCUT2D eigenvalue weighted by atomic mass is 32.5. The molecular formula is C9H21O3P2S-. The maximum Gasteiger partial charge on any atom is 0.0545 e. The number of rotatable bonds is 8. The fourth-order valence-electron chi connectivity index (χ4n) is 1.11. The van der Waals surface area contributed by atoms with Crippen molar-refractivity contribution in [2.45, 2.75) is 27.7 Å². The molecule has 0 aromatic rings. The Hall–Kier alpha value is 0.800. The second-order valence-electron chi connectivity index (χ2n) is 3.08. The van der Waals surface area contributed by atoms with Crippen molar-refractivity contribution in [3.05, 3.63) is 5.90 Å². The van der Waals surface area contributed by atoms with Gasteiger partial charge in [-0.25, -0.2) is 0 Å². The summed E-state index contributed by atoms with van der Waals surface area (Å²) in [5.74, 6) is 1.70. The fraction of sp³-hybridized carbons (Fsp3) is 0.889. The van der Waals surface area contributed by atoms with Crippen molar-refractivity contribution in [1.82, 2.24) is 0 Å². The Morgan fingerprint density at radius 3 is 1.73 bits per heavy atom. The van der Waals surface area contributed by atoms with Gasteiger partial charge in [-0.3, -0.25) is 0 Å². The van der Waals surface area contributed by atoms with Gasteiger partial charge in [0.1, 0.15) is 0 Å². The van der Waals surface area contributed by atoms with Gasteiger partial charge >= 0.3 is 0 Å². The number of hydrogen-bond donors (Lipinski definition) is 0. The minimum atomic E-state index is -2.43. The van der Waals surface area contributed by atoms with Crippen LogP contribution >= 0.6 is 13.6 Å². The summed E-state index contributed by atoms with van der Waals surface area (Å²) in [7, 11) is -2.29. The summed E-state index contributed by atoms with van der Waals surface area (Å²) < 4.78 is 23.2. The van der Waals surface area contributed by atoms with Crippen LogP contribution in [0.3, 0.4) is 0 Å². The average Bonchev–Trinajstić information content (AvgIpc) is 2.18. The van der Waals surface area contributed by atoms with Crippen LogP contribution in [-0.2, 0) is 25.4 Å². The van der Waals surface area contributed by atoms with Gasteiger partial charge in [0.15, 0.2) is 0 Å². The molecule has 0 aliphatic carbocycles. The summed E-state index contributed by atoms with van der Waals surface area (Å²) in [6.07, 6.45) is 1.25. The third kappa shape index (κ3) is 5.60. The van der Waals surface area contributed by atoms with Gasteiger partial charge in [0.05, 0.1) is 6.49 Å². The summed E-state index contributed by atoms with van der Waals surface area (Å²) >= 11 is 5.32. The van der Waals surface area contributed by atoms with E-state index in [2.05, 4.69) is 0 Å². The molecule has 0 N–H and O–H groups in total. The van der Waals surface area contributed by atoms with Crippen molar-refractivity contribution < 1.29 is 13.6 Å². The van der Waals surface area contributed by atoms with Crippen LogP contribution in [0, 0.1) is 5.90 Å². The van der Waals surface area contributed by atoms with Crippen LogP contribution < -0.4 is 0 Å². The van der Waals surface area contributed by atoms with Crippen molar-refractivity contribution >= 4 is 25.4 Å². The molecule has 0 rings (SSSR count). The maximum atomic E-state index is 12.3. The van der Waals surface area contributed by atoms with Gasteiger partial charge in [0, 0.05) is 13.2 Å². The van der Waals surface area contributed by atoms with E-state index in [0.717, 1.165) is 0 Å². The van der Waals surface area contributed by atoms with Gasteiger partial charge in [-0.15, -0.1) is 0 Å². The monoisotopic (exact) mass is 271 g/mol. The van der Waals surface area contributed by atoms with E-state index in [1.165, 1.54) is 0 Å². The highest BCUT2D eigenvalue weighted by Crippen LogP contribution is 2.66. The zero-order valence-corrected chi connectivity index (χ0v) is 12.5. The zero-order chi connectivity index (χ0) is 11.9.